The molecule has 0 aliphatic carbocycles. The number of rotatable bonds is 4. The van der Waals surface area contributed by atoms with Crippen LogP contribution in [0.2, 0.25) is 0 Å². The number of hydrogen-bond acceptors (Lipinski definition) is 6. The molecule has 0 atom stereocenters. The average molecular weight is 404 g/mol. The SMILES string of the molecule is COC(=O)c1cc2c3ccc(OC)cc3c3cc(OC)ccc3c2cc1C(=O)OC. The fourth-order valence-electron chi connectivity index (χ4n) is 3.82. The van der Waals surface area contributed by atoms with Gasteiger partial charge < -0.3 is 18.9 Å². The largest absolute Gasteiger partial charge is 0.497 e. The standard InChI is InChI=1S/C24H20O6/c1-27-13-5-7-15-17(9-13)18-10-14(28-2)6-8-16(18)20-12-22(24(26)30-4)21(11-19(15)20)23(25)29-3/h5-12H,1-4H3. The quantitative estimate of drug-likeness (QED) is 0.362. The molecule has 0 saturated carbocycles. The summed E-state index contributed by atoms with van der Waals surface area (Å²) in [5, 5.41) is 5.34. The Morgan fingerprint density at radius 1 is 0.533 bits per heavy atom. The van der Waals surface area contributed by atoms with Crippen LogP contribution < -0.4 is 9.47 Å². The Labute approximate surface area is 172 Å². The number of methoxy groups -OCH3 is 4. The van der Waals surface area contributed by atoms with Crippen LogP contribution in [-0.2, 0) is 9.47 Å². The molecule has 0 amide bonds. The number of fused-ring (bicyclic) bond motifs is 6. The molecule has 152 valence electrons. The summed E-state index contributed by atoms with van der Waals surface area (Å²) in [6, 6.07) is 14.9. The fraction of sp³-hybridized carbons (Fsp3) is 0.167. The molecule has 0 aliphatic rings. The van der Waals surface area contributed by atoms with E-state index in [1.807, 2.05) is 36.4 Å². The van der Waals surface area contributed by atoms with Gasteiger partial charge in [0.2, 0.25) is 0 Å². The third-order valence-electron chi connectivity index (χ3n) is 5.29. The minimum absolute atomic E-state index is 0.154. The van der Waals surface area contributed by atoms with Gasteiger partial charge in [0.1, 0.15) is 11.5 Å². The van der Waals surface area contributed by atoms with E-state index in [1.54, 1.807) is 26.4 Å². The van der Waals surface area contributed by atoms with Gasteiger partial charge in [-0.2, -0.15) is 0 Å². The fourth-order valence-corrected chi connectivity index (χ4v) is 3.82. The van der Waals surface area contributed by atoms with Crippen LogP contribution in [0, 0.1) is 0 Å². The van der Waals surface area contributed by atoms with E-state index in [1.165, 1.54) is 14.2 Å². The molecule has 4 aromatic rings. The summed E-state index contributed by atoms with van der Waals surface area (Å²) in [7, 11) is 5.79. The van der Waals surface area contributed by atoms with Crippen LogP contribution in [0.15, 0.2) is 48.5 Å². The topological polar surface area (TPSA) is 71.1 Å². The van der Waals surface area contributed by atoms with Crippen LogP contribution >= 0.6 is 0 Å². The van der Waals surface area contributed by atoms with Crippen molar-refractivity contribution in [3.05, 3.63) is 59.7 Å². The molecule has 0 unspecified atom stereocenters. The molecule has 0 spiro atoms. The molecule has 4 rings (SSSR count). The molecule has 6 heteroatoms. The highest BCUT2D eigenvalue weighted by atomic mass is 16.5. The van der Waals surface area contributed by atoms with Crippen molar-refractivity contribution in [2.24, 2.45) is 0 Å². The Morgan fingerprint density at radius 2 is 0.900 bits per heavy atom. The lowest BCUT2D eigenvalue weighted by Crippen LogP contribution is -2.12. The zero-order valence-electron chi connectivity index (χ0n) is 17.1. The lowest BCUT2D eigenvalue weighted by Gasteiger charge is -2.15. The number of esters is 2. The molecule has 0 heterocycles. The van der Waals surface area contributed by atoms with E-state index in [4.69, 9.17) is 18.9 Å². The van der Waals surface area contributed by atoms with E-state index in [0.717, 1.165) is 32.3 Å². The summed E-state index contributed by atoms with van der Waals surface area (Å²) in [4.78, 5) is 24.8. The van der Waals surface area contributed by atoms with Crippen molar-refractivity contribution in [3.63, 3.8) is 0 Å². The summed E-state index contributed by atoms with van der Waals surface area (Å²) in [6.07, 6.45) is 0. The van der Waals surface area contributed by atoms with Gasteiger partial charge in [-0.15, -0.1) is 0 Å². The predicted octanol–water partition coefficient (Wildman–Crippen LogP) is 4.74. The zero-order valence-corrected chi connectivity index (χ0v) is 17.1. The van der Waals surface area contributed by atoms with Gasteiger partial charge in [0.25, 0.3) is 0 Å². The van der Waals surface area contributed by atoms with Gasteiger partial charge in [0, 0.05) is 0 Å². The molecule has 6 nitrogen and oxygen atoms in total. The number of hydrogen-bond donors (Lipinski definition) is 0. The Morgan fingerprint density at radius 3 is 1.23 bits per heavy atom. The van der Waals surface area contributed by atoms with Crippen molar-refractivity contribution in [1.29, 1.82) is 0 Å². The minimum atomic E-state index is -0.603. The molecule has 0 aromatic heterocycles. The van der Waals surface area contributed by atoms with E-state index >= 15 is 0 Å². The van der Waals surface area contributed by atoms with E-state index in [9.17, 15) is 9.59 Å². The van der Waals surface area contributed by atoms with Crippen molar-refractivity contribution >= 4 is 44.3 Å². The Kier molecular flexibility index (Phi) is 4.91. The molecule has 30 heavy (non-hydrogen) atoms. The Balaban J connectivity index is 2.24. The summed E-state index contributed by atoms with van der Waals surface area (Å²) < 4.78 is 20.6. The second-order valence-corrected chi connectivity index (χ2v) is 6.75. The molecule has 0 radical (unpaired) electrons. The predicted molar refractivity (Wildman–Crippen MR) is 115 cm³/mol. The van der Waals surface area contributed by atoms with Crippen molar-refractivity contribution in [1.82, 2.24) is 0 Å². The van der Waals surface area contributed by atoms with Gasteiger partial charge in [0.15, 0.2) is 0 Å². The molecule has 0 N–H and O–H groups in total. The third kappa shape index (κ3) is 2.97. The van der Waals surface area contributed by atoms with Crippen LogP contribution in [0.1, 0.15) is 20.7 Å². The first-order valence-electron chi connectivity index (χ1n) is 9.24. The van der Waals surface area contributed by atoms with Crippen LogP contribution in [0.5, 0.6) is 11.5 Å². The monoisotopic (exact) mass is 404 g/mol. The third-order valence-corrected chi connectivity index (χ3v) is 5.29. The van der Waals surface area contributed by atoms with Gasteiger partial charge >= 0.3 is 11.9 Å². The molecule has 0 bridgehead atoms. The number of ether oxygens (including phenoxy) is 4. The molecule has 0 fully saturated rings. The molecule has 0 saturated heterocycles. The first-order valence-corrected chi connectivity index (χ1v) is 9.24. The maximum absolute atomic E-state index is 12.4. The van der Waals surface area contributed by atoms with E-state index in [-0.39, 0.29) is 11.1 Å². The maximum Gasteiger partial charge on any atom is 0.338 e. The van der Waals surface area contributed by atoms with E-state index in [0.29, 0.717) is 11.5 Å². The van der Waals surface area contributed by atoms with E-state index < -0.39 is 11.9 Å². The van der Waals surface area contributed by atoms with Gasteiger partial charge in [-0.1, -0.05) is 12.1 Å². The highest BCUT2D eigenvalue weighted by molar-refractivity contribution is 6.27. The Bertz CT molecular complexity index is 1220. The van der Waals surface area contributed by atoms with Gasteiger partial charge in [-0.3, -0.25) is 0 Å². The highest BCUT2D eigenvalue weighted by Gasteiger charge is 2.22. The zero-order chi connectivity index (χ0) is 21.4. The average Bonchev–Trinajstić information content (AvgIpc) is 2.81. The highest BCUT2D eigenvalue weighted by Crippen LogP contribution is 2.39. The second-order valence-electron chi connectivity index (χ2n) is 6.75. The summed E-state index contributed by atoms with van der Waals surface area (Å²) in [5.41, 5.74) is 0.309. The first kappa shape index (κ1) is 19.5. The summed E-state index contributed by atoms with van der Waals surface area (Å²) in [5.74, 6) is 0.221. The van der Waals surface area contributed by atoms with Crippen molar-refractivity contribution in [3.8, 4) is 11.5 Å². The second kappa shape index (κ2) is 7.55. The molecular formula is C24H20O6. The molecular weight excluding hydrogens is 384 g/mol. The number of carbonyl (C=O) groups is 2. The first-order chi connectivity index (χ1) is 14.5. The number of benzene rings is 4. The van der Waals surface area contributed by atoms with Crippen LogP contribution in [0.25, 0.3) is 32.3 Å². The van der Waals surface area contributed by atoms with Crippen LogP contribution in [0.3, 0.4) is 0 Å². The normalized spacial score (nSPS) is 10.9. The van der Waals surface area contributed by atoms with Crippen molar-refractivity contribution in [2.45, 2.75) is 0 Å². The van der Waals surface area contributed by atoms with Gasteiger partial charge in [-0.25, -0.2) is 9.59 Å². The smallest absolute Gasteiger partial charge is 0.338 e. The van der Waals surface area contributed by atoms with Crippen molar-refractivity contribution < 1.29 is 28.5 Å². The Hall–Kier alpha value is -3.80. The van der Waals surface area contributed by atoms with Crippen molar-refractivity contribution in [2.75, 3.05) is 28.4 Å². The molecule has 4 aromatic carbocycles. The van der Waals surface area contributed by atoms with Crippen LogP contribution in [0.4, 0.5) is 0 Å². The van der Waals surface area contributed by atoms with Crippen LogP contribution in [-0.4, -0.2) is 40.4 Å². The minimum Gasteiger partial charge on any atom is -0.497 e. The lowest BCUT2D eigenvalue weighted by molar-refractivity contribution is 0.0555. The lowest BCUT2D eigenvalue weighted by atomic mass is 9.91. The number of carbonyl (C=O) groups excluding carboxylic acids is 2. The van der Waals surface area contributed by atoms with E-state index in [2.05, 4.69) is 0 Å². The molecule has 0 aliphatic heterocycles. The summed E-state index contributed by atoms with van der Waals surface area (Å²) >= 11 is 0. The van der Waals surface area contributed by atoms with Gasteiger partial charge in [0.05, 0.1) is 39.6 Å². The summed E-state index contributed by atoms with van der Waals surface area (Å²) in [6.45, 7) is 0. The van der Waals surface area contributed by atoms with Gasteiger partial charge in [-0.05, 0) is 68.7 Å². The maximum atomic E-state index is 12.4.